The molecule has 0 saturated carbocycles. The fourth-order valence-corrected chi connectivity index (χ4v) is 8.86. The second-order valence-electron chi connectivity index (χ2n) is 13.0. The lowest BCUT2D eigenvalue weighted by molar-refractivity contribution is 0.670. The molecule has 0 radical (unpaired) electrons. The van der Waals surface area contributed by atoms with Crippen LogP contribution in [0.15, 0.2) is 168 Å². The Morgan fingerprint density at radius 1 is 0.490 bits per heavy atom. The molecule has 0 aliphatic heterocycles. The van der Waals surface area contributed by atoms with Crippen LogP contribution in [0.2, 0.25) is 0 Å². The molecule has 0 saturated heterocycles. The van der Waals surface area contributed by atoms with E-state index in [0.29, 0.717) is 5.82 Å². The van der Waals surface area contributed by atoms with Crippen LogP contribution in [-0.4, -0.2) is 14.5 Å². The smallest absolute Gasteiger partial charge is 0.160 e. The normalized spacial score (nSPS) is 11.9. The molecule has 51 heavy (non-hydrogen) atoms. The van der Waals surface area contributed by atoms with Crippen LogP contribution in [0.3, 0.4) is 0 Å². The van der Waals surface area contributed by atoms with Gasteiger partial charge in [0.15, 0.2) is 5.82 Å². The number of hydrogen-bond donors (Lipinski definition) is 0. The molecule has 0 bridgehead atoms. The summed E-state index contributed by atoms with van der Waals surface area (Å²) in [5.41, 5.74) is 11.3. The van der Waals surface area contributed by atoms with Gasteiger partial charge < -0.3 is 8.98 Å². The molecule has 0 spiro atoms. The Bertz CT molecular complexity index is 3110. The number of fused-ring (bicyclic) bond motifs is 9. The van der Waals surface area contributed by atoms with E-state index in [-0.39, 0.29) is 0 Å². The van der Waals surface area contributed by atoms with Crippen molar-refractivity contribution in [2.45, 2.75) is 0 Å². The zero-order valence-electron chi connectivity index (χ0n) is 27.2. The molecular weight excluding hydrogens is 643 g/mol. The molecule has 4 nitrogen and oxygen atoms in total. The van der Waals surface area contributed by atoms with Gasteiger partial charge in [-0.2, -0.15) is 0 Å². The molecular formula is C46H27N3OS. The van der Waals surface area contributed by atoms with E-state index in [2.05, 4.69) is 156 Å². The highest BCUT2D eigenvalue weighted by Crippen LogP contribution is 2.42. The number of thiophene rings is 1. The van der Waals surface area contributed by atoms with Gasteiger partial charge in [0, 0.05) is 54.0 Å². The highest BCUT2D eigenvalue weighted by atomic mass is 32.1. The summed E-state index contributed by atoms with van der Waals surface area (Å²) < 4.78 is 11.1. The van der Waals surface area contributed by atoms with Crippen molar-refractivity contribution in [1.29, 1.82) is 0 Å². The van der Waals surface area contributed by atoms with Gasteiger partial charge in [-0.15, -0.1) is 11.3 Å². The van der Waals surface area contributed by atoms with Crippen molar-refractivity contribution in [2.75, 3.05) is 0 Å². The van der Waals surface area contributed by atoms with Gasteiger partial charge in [-0.05, 0) is 48.0 Å². The van der Waals surface area contributed by atoms with E-state index in [9.17, 15) is 0 Å². The lowest BCUT2D eigenvalue weighted by atomic mass is 9.99. The maximum Gasteiger partial charge on any atom is 0.160 e. The van der Waals surface area contributed by atoms with Crippen LogP contribution < -0.4 is 0 Å². The van der Waals surface area contributed by atoms with Crippen molar-refractivity contribution in [3.8, 4) is 39.5 Å². The quantitative estimate of drug-likeness (QED) is 0.187. The maximum atomic E-state index is 6.44. The Hall–Kier alpha value is -6.56. The Morgan fingerprint density at radius 2 is 1.14 bits per heavy atom. The Kier molecular flexibility index (Phi) is 6.09. The number of para-hydroxylation sites is 4. The Labute approximate surface area is 296 Å². The summed E-state index contributed by atoms with van der Waals surface area (Å²) in [6.45, 7) is 0. The summed E-state index contributed by atoms with van der Waals surface area (Å²) in [5, 5.41) is 5.86. The molecule has 0 fully saturated rings. The molecule has 11 rings (SSSR count). The minimum atomic E-state index is 0.702. The van der Waals surface area contributed by atoms with Gasteiger partial charge in [-0.3, -0.25) is 0 Å². The molecule has 0 aliphatic rings. The van der Waals surface area contributed by atoms with Crippen LogP contribution in [0.25, 0.3) is 104 Å². The van der Waals surface area contributed by atoms with Crippen molar-refractivity contribution in [3.63, 3.8) is 0 Å². The summed E-state index contributed by atoms with van der Waals surface area (Å²) in [6.07, 6.45) is 0. The zero-order valence-corrected chi connectivity index (χ0v) is 28.1. The van der Waals surface area contributed by atoms with Crippen molar-refractivity contribution in [2.24, 2.45) is 0 Å². The minimum absolute atomic E-state index is 0.702. The van der Waals surface area contributed by atoms with Crippen molar-refractivity contribution in [3.05, 3.63) is 164 Å². The van der Waals surface area contributed by atoms with E-state index in [1.807, 2.05) is 12.1 Å². The predicted octanol–water partition coefficient (Wildman–Crippen LogP) is 12.8. The van der Waals surface area contributed by atoms with Gasteiger partial charge in [0.25, 0.3) is 0 Å². The van der Waals surface area contributed by atoms with Crippen LogP contribution in [-0.2, 0) is 0 Å². The molecule has 11 aromatic rings. The summed E-state index contributed by atoms with van der Waals surface area (Å²) in [4.78, 5) is 10.7. The van der Waals surface area contributed by atoms with E-state index in [1.165, 1.54) is 26.5 Å². The lowest BCUT2D eigenvalue weighted by Gasteiger charge is -2.12. The fraction of sp³-hybridized carbons (Fsp3) is 0. The average molecular weight is 670 g/mol. The third-order valence-corrected chi connectivity index (χ3v) is 11.2. The van der Waals surface area contributed by atoms with Crippen LogP contribution in [0.5, 0.6) is 0 Å². The van der Waals surface area contributed by atoms with Crippen molar-refractivity contribution in [1.82, 2.24) is 14.5 Å². The number of hydrogen-bond acceptors (Lipinski definition) is 4. The summed E-state index contributed by atoms with van der Waals surface area (Å²) in [7, 11) is 0. The van der Waals surface area contributed by atoms with E-state index in [0.717, 1.165) is 71.2 Å². The molecule has 0 aliphatic carbocycles. The predicted molar refractivity (Wildman–Crippen MR) is 213 cm³/mol. The number of rotatable bonds is 4. The molecule has 4 heterocycles. The molecule has 5 heteroatoms. The standard InChI is InChI=1S/C46H27N3OS/c1-5-22-38-33(16-1)34-17-2-6-23-39(34)49(38)31-15-10-14-30(27-31)46-47-42(45-43(48-46)37-19-4-8-25-41(37)51-45)29-13-9-12-28(26-29)32-20-11-21-36-35-18-3-7-24-40(35)50-44(32)36/h1-27H. The largest absolute Gasteiger partial charge is 0.455 e. The molecule has 4 aromatic heterocycles. The molecule has 238 valence electrons. The molecule has 0 unspecified atom stereocenters. The van der Waals surface area contributed by atoms with E-state index in [4.69, 9.17) is 14.4 Å². The van der Waals surface area contributed by atoms with Crippen LogP contribution in [0.4, 0.5) is 0 Å². The number of aromatic nitrogens is 3. The first-order valence-electron chi connectivity index (χ1n) is 17.1. The Morgan fingerprint density at radius 3 is 1.98 bits per heavy atom. The maximum absolute atomic E-state index is 6.44. The third-order valence-electron chi connectivity index (χ3n) is 10.0. The molecule has 0 amide bonds. The number of benzene rings is 7. The first-order valence-corrected chi connectivity index (χ1v) is 17.9. The number of furan rings is 1. The zero-order chi connectivity index (χ0) is 33.5. The second-order valence-corrected chi connectivity index (χ2v) is 14.0. The van der Waals surface area contributed by atoms with Gasteiger partial charge in [-0.1, -0.05) is 121 Å². The highest BCUT2D eigenvalue weighted by molar-refractivity contribution is 7.26. The average Bonchev–Trinajstić information content (AvgIpc) is 3.87. The van der Waals surface area contributed by atoms with Gasteiger partial charge >= 0.3 is 0 Å². The lowest BCUT2D eigenvalue weighted by Crippen LogP contribution is -1.97. The SMILES string of the molecule is c1cc(-c2cccc3c2oc2ccccc23)cc(-c2nc(-c3cccc(-n4c5ccccc5c5ccccc54)c3)nc3c2sc2ccccc23)c1. The number of nitrogens with zero attached hydrogens (tertiary/aromatic N) is 3. The van der Waals surface area contributed by atoms with Crippen LogP contribution in [0, 0.1) is 0 Å². The molecule has 0 atom stereocenters. The van der Waals surface area contributed by atoms with Gasteiger partial charge in [0.05, 0.1) is 26.9 Å². The minimum Gasteiger partial charge on any atom is -0.455 e. The van der Waals surface area contributed by atoms with Gasteiger partial charge in [0.2, 0.25) is 0 Å². The van der Waals surface area contributed by atoms with Crippen molar-refractivity contribution < 1.29 is 4.42 Å². The van der Waals surface area contributed by atoms with E-state index < -0.39 is 0 Å². The molecule has 7 aromatic carbocycles. The molecule has 0 N–H and O–H groups in total. The summed E-state index contributed by atoms with van der Waals surface area (Å²) in [6, 6.07) is 57.7. The monoisotopic (exact) mass is 669 g/mol. The summed E-state index contributed by atoms with van der Waals surface area (Å²) >= 11 is 1.75. The Balaban J connectivity index is 1.12. The topological polar surface area (TPSA) is 43.9 Å². The van der Waals surface area contributed by atoms with Crippen LogP contribution >= 0.6 is 11.3 Å². The van der Waals surface area contributed by atoms with Gasteiger partial charge in [0.1, 0.15) is 11.2 Å². The first-order chi connectivity index (χ1) is 25.3. The van der Waals surface area contributed by atoms with E-state index in [1.54, 1.807) is 11.3 Å². The van der Waals surface area contributed by atoms with E-state index >= 15 is 0 Å². The highest BCUT2D eigenvalue weighted by Gasteiger charge is 2.19. The second kappa shape index (κ2) is 11.0. The van der Waals surface area contributed by atoms with Crippen molar-refractivity contribution >= 4 is 75.4 Å². The van der Waals surface area contributed by atoms with Gasteiger partial charge in [-0.25, -0.2) is 9.97 Å². The summed E-state index contributed by atoms with van der Waals surface area (Å²) in [5.74, 6) is 0.702. The third kappa shape index (κ3) is 4.32. The first kappa shape index (κ1) is 28.3. The van der Waals surface area contributed by atoms with Crippen LogP contribution in [0.1, 0.15) is 0 Å². The fourth-order valence-electron chi connectivity index (χ4n) is 7.71.